The predicted octanol–water partition coefficient (Wildman–Crippen LogP) is -0.543. The molecular formula is C7H10O5. The fraction of sp³-hybridized carbons (Fsp3) is 1.00. The van der Waals surface area contributed by atoms with Crippen LogP contribution in [0.5, 0.6) is 0 Å². The molecule has 0 spiro atoms. The van der Waals surface area contributed by atoms with E-state index in [1.54, 1.807) is 0 Å². The summed E-state index contributed by atoms with van der Waals surface area (Å²) >= 11 is 0. The molecule has 4 atom stereocenters. The van der Waals surface area contributed by atoms with Gasteiger partial charge in [0.15, 0.2) is 13.1 Å². The normalized spacial score (nSPS) is 52.0. The minimum Gasteiger partial charge on any atom is -0.347 e. The van der Waals surface area contributed by atoms with Crippen molar-refractivity contribution < 1.29 is 23.7 Å². The molecule has 0 aliphatic carbocycles. The standard InChI is InChI=1S/C7H10O5/c1-4-5(10-2-9-4)6-7(8-1)12-3-11-6/h4-7H,1-3H2. The van der Waals surface area contributed by atoms with Crippen molar-refractivity contribution in [2.24, 2.45) is 0 Å². The van der Waals surface area contributed by atoms with Crippen LogP contribution in [0.3, 0.4) is 0 Å². The van der Waals surface area contributed by atoms with Crippen molar-refractivity contribution >= 4 is 0 Å². The van der Waals surface area contributed by atoms with E-state index in [0.717, 1.165) is 0 Å². The van der Waals surface area contributed by atoms with Crippen molar-refractivity contribution in [3.05, 3.63) is 0 Å². The van der Waals surface area contributed by atoms with Crippen LogP contribution in [0.25, 0.3) is 0 Å². The van der Waals surface area contributed by atoms with E-state index < -0.39 is 0 Å². The van der Waals surface area contributed by atoms with Gasteiger partial charge in [0.25, 0.3) is 0 Å². The fourth-order valence-corrected chi connectivity index (χ4v) is 1.80. The Bertz CT molecular complexity index is 165. The Kier molecular flexibility index (Phi) is 1.59. The van der Waals surface area contributed by atoms with E-state index in [1.165, 1.54) is 0 Å². The molecule has 0 amide bonds. The Morgan fingerprint density at radius 2 is 1.58 bits per heavy atom. The maximum atomic E-state index is 5.36. The lowest BCUT2D eigenvalue weighted by Crippen LogP contribution is -2.49. The number of fused-ring (bicyclic) bond motifs is 3. The Morgan fingerprint density at radius 1 is 0.750 bits per heavy atom. The highest BCUT2D eigenvalue weighted by Crippen LogP contribution is 2.30. The van der Waals surface area contributed by atoms with Gasteiger partial charge in [0.1, 0.15) is 25.1 Å². The first-order chi connectivity index (χ1) is 5.95. The summed E-state index contributed by atoms with van der Waals surface area (Å²) in [6, 6.07) is 0. The van der Waals surface area contributed by atoms with Crippen molar-refractivity contribution in [3.63, 3.8) is 0 Å². The molecule has 0 radical (unpaired) electrons. The third kappa shape index (κ3) is 0.915. The van der Waals surface area contributed by atoms with Crippen molar-refractivity contribution in [3.8, 4) is 0 Å². The van der Waals surface area contributed by atoms with Crippen LogP contribution in [0.4, 0.5) is 0 Å². The highest BCUT2D eigenvalue weighted by atomic mass is 16.8. The van der Waals surface area contributed by atoms with Crippen molar-refractivity contribution in [2.75, 3.05) is 20.2 Å². The van der Waals surface area contributed by atoms with Crippen LogP contribution in [0.15, 0.2) is 0 Å². The highest BCUT2D eigenvalue weighted by molar-refractivity contribution is 4.89. The lowest BCUT2D eigenvalue weighted by atomic mass is 10.1. The summed E-state index contributed by atoms with van der Waals surface area (Å²) < 4.78 is 26.5. The van der Waals surface area contributed by atoms with E-state index in [9.17, 15) is 0 Å². The van der Waals surface area contributed by atoms with Crippen LogP contribution < -0.4 is 0 Å². The number of rotatable bonds is 0. The molecule has 5 heteroatoms. The summed E-state index contributed by atoms with van der Waals surface area (Å²) in [5.41, 5.74) is 0. The van der Waals surface area contributed by atoms with Gasteiger partial charge in [0.2, 0.25) is 0 Å². The zero-order valence-corrected chi connectivity index (χ0v) is 6.47. The van der Waals surface area contributed by atoms with Gasteiger partial charge in [-0.15, -0.1) is 0 Å². The third-order valence-electron chi connectivity index (χ3n) is 2.42. The van der Waals surface area contributed by atoms with Crippen LogP contribution in [0, 0.1) is 0 Å². The lowest BCUT2D eigenvalue weighted by molar-refractivity contribution is -0.180. The third-order valence-corrected chi connectivity index (χ3v) is 2.42. The summed E-state index contributed by atoms with van der Waals surface area (Å²) in [4.78, 5) is 0. The molecule has 3 saturated heterocycles. The van der Waals surface area contributed by atoms with E-state index >= 15 is 0 Å². The molecular weight excluding hydrogens is 164 g/mol. The van der Waals surface area contributed by atoms with Gasteiger partial charge in [-0.05, 0) is 0 Å². The molecule has 0 aromatic carbocycles. The molecule has 0 aromatic rings. The summed E-state index contributed by atoms with van der Waals surface area (Å²) in [6.07, 6.45) is -0.349. The summed E-state index contributed by atoms with van der Waals surface area (Å²) in [6.45, 7) is 1.17. The van der Waals surface area contributed by atoms with Crippen molar-refractivity contribution in [2.45, 2.75) is 24.6 Å². The minimum absolute atomic E-state index is 0.00810. The second-order valence-corrected chi connectivity index (χ2v) is 3.07. The molecule has 5 nitrogen and oxygen atoms in total. The van der Waals surface area contributed by atoms with Crippen LogP contribution in [0.1, 0.15) is 0 Å². The lowest BCUT2D eigenvalue weighted by Gasteiger charge is -2.30. The smallest absolute Gasteiger partial charge is 0.189 e. The molecule has 68 valence electrons. The SMILES string of the molecule is C1OC2COC3OCOC3C2O1. The van der Waals surface area contributed by atoms with Crippen LogP contribution in [0.2, 0.25) is 0 Å². The first kappa shape index (κ1) is 7.23. The Balaban J connectivity index is 1.81. The fourth-order valence-electron chi connectivity index (χ4n) is 1.80. The first-order valence-electron chi connectivity index (χ1n) is 4.03. The van der Waals surface area contributed by atoms with Gasteiger partial charge < -0.3 is 23.7 Å². The largest absolute Gasteiger partial charge is 0.347 e. The van der Waals surface area contributed by atoms with E-state index in [4.69, 9.17) is 23.7 Å². The van der Waals surface area contributed by atoms with E-state index in [0.29, 0.717) is 20.2 Å². The zero-order chi connectivity index (χ0) is 7.97. The quantitative estimate of drug-likeness (QED) is 0.493. The van der Waals surface area contributed by atoms with Crippen molar-refractivity contribution in [1.82, 2.24) is 0 Å². The van der Waals surface area contributed by atoms with Crippen molar-refractivity contribution in [1.29, 1.82) is 0 Å². The van der Waals surface area contributed by atoms with E-state index in [2.05, 4.69) is 0 Å². The number of ether oxygens (including phenoxy) is 5. The molecule has 3 aliphatic rings. The molecule has 4 unspecified atom stereocenters. The molecule has 0 bridgehead atoms. The summed E-state index contributed by atoms with van der Waals surface area (Å²) in [5, 5.41) is 0. The van der Waals surface area contributed by atoms with Gasteiger partial charge in [-0.2, -0.15) is 0 Å². The van der Waals surface area contributed by atoms with Gasteiger partial charge in [0.05, 0.1) is 6.61 Å². The first-order valence-corrected chi connectivity index (χ1v) is 4.03. The highest BCUT2D eigenvalue weighted by Gasteiger charge is 2.49. The van der Waals surface area contributed by atoms with E-state index in [1.807, 2.05) is 0 Å². The van der Waals surface area contributed by atoms with E-state index in [-0.39, 0.29) is 24.6 Å². The minimum atomic E-state index is -0.257. The average molecular weight is 174 g/mol. The number of hydrogen-bond acceptors (Lipinski definition) is 5. The van der Waals surface area contributed by atoms with Gasteiger partial charge in [-0.1, -0.05) is 0 Å². The molecule has 0 aromatic heterocycles. The molecule has 12 heavy (non-hydrogen) atoms. The Labute approximate surface area is 69.5 Å². The van der Waals surface area contributed by atoms with Crippen LogP contribution in [-0.4, -0.2) is 44.8 Å². The Morgan fingerprint density at radius 3 is 2.58 bits per heavy atom. The van der Waals surface area contributed by atoms with Gasteiger partial charge in [0, 0.05) is 0 Å². The molecule has 3 heterocycles. The van der Waals surface area contributed by atoms with Gasteiger partial charge in [-0.3, -0.25) is 0 Å². The Hall–Kier alpha value is -0.200. The predicted molar refractivity (Wildman–Crippen MR) is 35.2 cm³/mol. The topological polar surface area (TPSA) is 46.2 Å². The second-order valence-electron chi connectivity index (χ2n) is 3.07. The number of hydrogen-bond donors (Lipinski definition) is 0. The summed E-state index contributed by atoms with van der Waals surface area (Å²) in [7, 11) is 0. The maximum Gasteiger partial charge on any atom is 0.189 e. The zero-order valence-electron chi connectivity index (χ0n) is 6.47. The van der Waals surface area contributed by atoms with Gasteiger partial charge >= 0.3 is 0 Å². The second kappa shape index (κ2) is 2.65. The molecule has 0 N–H and O–H groups in total. The average Bonchev–Trinajstić information content (AvgIpc) is 2.71. The van der Waals surface area contributed by atoms with Gasteiger partial charge in [-0.25, -0.2) is 0 Å². The molecule has 3 rings (SSSR count). The maximum absolute atomic E-state index is 5.36. The van der Waals surface area contributed by atoms with Crippen LogP contribution in [-0.2, 0) is 23.7 Å². The molecule has 0 saturated carbocycles. The molecule has 3 fully saturated rings. The monoisotopic (exact) mass is 174 g/mol. The van der Waals surface area contributed by atoms with Crippen LogP contribution >= 0.6 is 0 Å². The summed E-state index contributed by atoms with van der Waals surface area (Å²) in [5.74, 6) is 0. The molecule has 3 aliphatic heterocycles.